The quantitative estimate of drug-likeness (QED) is 0.826. The maximum atomic E-state index is 12.7. The molecule has 2 amide bonds. The van der Waals surface area contributed by atoms with E-state index in [2.05, 4.69) is 24.1 Å². The molecule has 0 radical (unpaired) electrons. The largest absolute Gasteiger partial charge is 0.344 e. The van der Waals surface area contributed by atoms with Gasteiger partial charge in [0, 0.05) is 26.1 Å². The highest BCUT2D eigenvalue weighted by molar-refractivity contribution is 5.90. The van der Waals surface area contributed by atoms with Crippen LogP contribution < -0.4 is 5.32 Å². The summed E-state index contributed by atoms with van der Waals surface area (Å²) in [6.07, 6.45) is 2.49. The lowest BCUT2D eigenvalue weighted by atomic mass is 9.97. The third kappa shape index (κ3) is 3.96. The molecule has 2 aliphatic heterocycles. The van der Waals surface area contributed by atoms with E-state index in [0.29, 0.717) is 18.9 Å². The van der Waals surface area contributed by atoms with E-state index in [4.69, 9.17) is 0 Å². The standard InChI is InChI=1S/C16H29N3O2/c1-4-12(3)15-16(21)19(9-7-14(20)17-15)11-13-6-8-18(5-2)10-13/h12-13,15H,4-11H2,1-3H3,(H,17,20). The lowest BCUT2D eigenvalue weighted by molar-refractivity contribution is -0.135. The van der Waals surface area contributed by atoms with Crippen molar-refractivity contribution in [1.82, 2.24) is 15.1 Å². The van der Waals surface area contributed by atoms with Gasteiger partial charge in [-0.2, -0.15) is 0 Å². The zero-order valence-corrected chi connectivity index (χ0v) is 13.6. The molecule has 0 aromatic rings. The van der Waals surface area contributed by atoms with Crippen LogP contribution in [0.5, 0.6) is 0 Å². The number of likely N-dealkylation sites (tertiary alicyclic amines) is 1. The molecule has 3 unspecified atom stereocenters. The number of hydrogen-bond donors (Lipinski definition) is 1. The normalized spacial score (nSPS) is 29.4. The molecule has 21 heavy (non-hydrogen) atoms. The second-order valence-corrected chi connectivity index (χ2v) is 6.51. The van der Waals surface area contributed by atoms with E-state index in [1.54, 1.807) is 0 Å². The van der Waals surface area contributed by atoms with Crippen LogP contribution in [0.25, 0.3) is 0 Å². The Morgan fingerprint density at radius 3 is 2.67 bits per heavy atom. The lowest BCUT2D eigenvalue weighted by Crippen LogP contribution is -2.49. The van der Waals surface area contributed by atoms with E-state index >= 15 is 0 Å². The molecule has 5 heteroatoms. The summed E-state index contributed by atoms with van der Waals surface area (Å²) in [5, 5.41) is 2.91. The Morgan fingerprint density at radius 1 is 1.29 bits per heavy atom. The van der Waals surface area contributed by atoms with E-state index in [-0.39, 0.29) is 23.8 Å². The number of carbonyl (C=O) groups excluding carboxylic acids is 2. The van der Waals surface area contributed by atoms with Gasteiger partial charge >= 0.3 is 0 Å². The highest BCUT2D eigenvalue weighted by atomic mass is 16.2. The summed E-state index contributed by atoms with van der Waals surface area (Å²) < 4.78 is 0. The van der Waals surface area contributed by atoms with Crippen LogP contribution in [0.3, 0.4) is 0 Å². The Labute approximate surface area is 128 Å². The van der Waals surface area contributed by atoms with Gasteiger partial charge in [-0.1, -0.05) is 27.2 Å². The van der Waals surface area contributed by atoms with Crippen LogP contribution in [0.1, 0.15) is 40.0 Å². The summed E-state index contributed by atoms with van der Waals surface area (Å²) in [5.41, 5.74) is 0. The van der Waals surface area contributed by atoms with Crippen molar-refractivity contribution in [2.75, 3.05) is 32.7 Å². The average molecular weight is 295 g/mol. The van der Waals surface area contributed by atoms with Crippen molar-refractivity contribution in [1.29, 1.82) is 0 Å². The molecule has 0 saturated carbocycles. The molecule has 120 valence electrons. The average Bonchev–Trinajstić information content (AvgIpc) is 2.89. The number of amides is 2. The van der Waals surface area contributed by atoms with Gasteiger partial charge in [-0.3, -0.25) is 9.59 Å². The van der Waals surface area contributed by atoms with Crippen LogP contribution >= 0.6 is 0 Å². The SMILES string of the molecule is CCC(C)C1NC(=O)CCN(CC2CCN(CC)C2)C1=O. The maximum absolute atomic E-state index is 12.7. The van der Waals surface area contributed by atoms with Crippen LogP contribution in [-0.2, 0) is 9.59 Å². The van der Waals surface area contributed by atoms with E-state index in [1.165, 1.54) is 0 Å². The third-order valence-corrected chi connectivity index (χ3v) is 5.01. The van der Waals surface area contributed by atoms with Crippen LogP contribution in [0.4, 0.5) is 0 Å². The second kappa shape index (κ2) is 7.25. The Balaban J connectivity index is 2.00. The molecule has 0 bridgehead atoms. The maximum Gasteiger partial charge on any atom is 0.245 e. The van der Waals surface area contributed by atoms with Crippen molar-refractivity contribution in [2.24, 2.45) is 11.8 Å². The van der Waals surface area contributed by atoms with Crippen molar-refractivity contribution in [3.05, 3.63) is 0 Å². The van der Waals surface area contributed by atoms with Gasteiger partial charge < -0.3 is 15.1 Å². The number of carbonyl (C=O) groups is 2. The Hall–Kier alpha value is -1.10. The molecule has 2 rings (SSSR count). The van der Waals surface area contributed by atoms with Crippen molar-refractivity contribution in [2.45, 2.75) is 46.1 Å². The summed E-state index contributed by atoms with van der Waals surface area (Å²) in [6.45, 7) is 11.0. The minimum absolute atomic E-state index is 0.0118. The predicted molar refractivity (Wildman–Crippen MR) is 82.8 cm³/mol. The Kier molecular flexibility index (Phi) is 5.62. The third-order valence-electron chi connectivity index (χ3n) is 5.01. The summed E-state index contributed by atoms with van der Waals surface area (Å²) in [6, 6.07) is -0.339. The molecule has 2 heterocycles. The fraction of sp³-hybridized carbons (Fsp3) is 0.875. The lowest BCUT2D eigenvalue weighted by Gasteiger charge is -2.29. The van der Waals surface area contributed by atoms with Crippen molar-refractivity contribution in [3.8, 4) is 0 Å². The first-order valence-electron chi connectivity index (χ1n) is 8.35. The molecular weight excluding hydrogens is 266 g/mol. The molecule has 0 spiro atoms. The summed E-state index contributed by atoms with van der Waals surface area (Å²) in [7, 11) is 0. The molecule has 2 fully saturated rings. The fourth-order valence-corrected chi connectivity index (χ4v) is 3.31. The van der Waals surface area contributed by atoms with Gasteiger partial charge in [0.05, 0.1) is 0 Å². The van der Waals surface area contributed by atoms with Gasteiger partial charge in [0.25, 0.3) is 0 Å². The zero-order valence-electron chi connectivity index (χ0n) is 13.6. The van der Waals surface area contributed by atoms with Crippen molar-refractivity contribution < 1.29 is 9.59 Å². The fourth-order valence-electron chi connectivity index (χ4n) is 3.31. The first-order valence-corrected chi connectivity index (χ1v) is 8.35. The highest BCUT2D eigenvalue weighted by Crippen LogP contribution is 2.20. The number of nitrogens with zero attached hydrogens (tertiary/aromatic N) is 2. The molecular formula is C16H29N3O2. The van der Waals surface area contributed by atoms with Gasteiger partial charge in [0.15, 0.2) is 0 Å². The van der Waals surface area contributed by atoms with Gasteiger partial charge in [0.2, 0.25) is 11.8 Å². The van der Waals surface area contributed by atoms with Crippen LogP contribution in [0, 0.1) is 11.8 Å². The number of rotatable bonds is 5. The summed E-state index contributed by atoms with van der Waals surface area (Å²) >= 11 is 0. The van der Waals surface area contributed by atoms with Gasteiger partial charge in [-0.15, -0.1) is 0 Å². The molecule has 0 aliphatic carbocycles. The monoisotopic (exact) mass is 295 g/mol. The number of hydrogen-bond acceptors (Lipinski definition) is 3. The van der Waals surface area contributed by atoms with Crippen LogP contribution in [0.2, 0.25) is 0 Å². The molecule has 2 saturated heterocycles. The summed E-state index contributed by atoms with van der Waals surface area (Å²) in [5.74, 6) is 0.875. The predicted octanol–water partition coefficient (Wildman–Crippen LogP) is 1.09. The van der Waals surface area contributed by atoms with Crippen molar-refractivity contribution in [3.63, 3.8) is 0 Å². The molecule has 3 atom stereocenters. The van der Waals surface area contributed by atoms with Gasteiger partial charge in [0.1, 0.15) is 6.04 Å². The van der Waals surface area contributed by atoms with Crippen LogP contribution in [-0.4, -0.2) is 60.4 Å². The summed E-state index contributed by atoms with van der Waals surface area (Å²) in [4.78, 5) is 28.9. The minimum Gasteiger partial charge on any atom is -0.344 e. The first-order chi connectivity index (χ1) is 10.0. The van der Waals surface area contributed by atoms with Crippen LogP contribution in [0.15, 0.2) is 0 Å². The Bertz CT molecular complexity index is 386. The second-order valence-electron chi connectivity index (χ2n) is 6.51. The van der Waals surface area contributed by atoms with Crippen molar-refractivity contribution >= 4 is 11.8 Å². The Morgan fingerprint density at radius 2 is 2.05 bits per heavy atom. The molecule has 5 nitrogen and oxygen atoms in total. The van der Waals surface area contributed by atoms with Gasteiger partial charge in [-0.05, 0) is 31.3 Å². The first kappa shape index (κ1) is 16.3. The molecule has 2 aliphatic rings. The van der Waals surface area contributed by atoms with Gasteiger partial charge in [-0.25, -0.2) is 0 Å². The smallest absolute Gasteiger partial charge is 0.245 e. The van der Waals surface area contributed by atoms with E-state index in [0.717, 1.165) is 39.0 Å². The number of nitrogens with one attached hydrogen (secondary N) is 1. The van der Waals surface area contributed by atoms with E-state index in [1.807, 2.05) is 11.8 Å². The van der Waals surface area contributed by atoms with E-state index < -0.39 is 0 Å². The van der Waals surface area contributed by atoms with E-state index in [9.17, 15) is 9.59 Å². The molecule has 0 aromatic carbocycles. The minimum atomic E-state index is -0.339. The molecule has 1 N–H and O–H groups in total. The molecule has 0 aromatic heterocycles. The topological polar surface area (TPSA) is 52.7 Å². The highest BCUT2D eigenvalue weighted by Gasteiger charge is 2.34. The zero-order chi connectivity index (χ0) is 15.4.